The molecule has 1 aromatic rings. The fourth-order valence-electron chi connectivity index (χ4n) is 1.50. The molecule has 0 radical (unpaired) electrons. The van der Waals surface area contributed by atoms with Gasteiger partial charge in [0, 0.05) is 13.6 Å². The first-order valence-corrected chi connectivity index (χ1v) is 7.31. The Bertz CT molecular complexity index is 532. The smallest absolute Gasteiger partial charge is 0.326 e. The second kappa shape index (κ2) is 7.34. The minimum absolute atomic E-state index is 0.148. The van der Waals surface area contributed by atoms with Crippen molar-refractivity contribution >= 4 is 16.2 Å². The highest BCUT2D eigenvalue weighted by Crippen LogP contribution is 2.06. The van der Waals surface area contributed by atoms with E-state index in [0.717, 1.165) is 17.0 Å². The average molecular weight is 302 g/mol. The zero-order valence-corrected chi connectivity index (χ0v) is 12.1. The highest BCUT2D eigenvalue weighted by molar-refractivity contribution is 7.87. The normalized spacial score (nSPS) is 13.2. The molecular weight excluding hydrogens is 284 g/mol. The second-order valence-electron chi connectivity index (χ2n) is 4.12. The average Bonchev–Trinajstić information content (AvgIpc) is 2.45. The maximum atomic E-state index is 12.0. The number of nitrogens with one attached hydrogen (secondary N) is 1. The van der Waals surface area contributed by atoms with Crippen LogP contribution in [0.5, 0.6) is 0 Å². The first-order chi connectivity index (χ1) is 9.40. The van der Waals surface area contributed by atoms with Crippen molar-refractivity contribution < 1.29 is 23.1 Å². The third-order valence-electron chi connectivity index (χ3n) is 2.62. The van der Waals surface area contributed by atoms with E-state index in [1.165, 1.54) is 7.05 Å². The van der Waals surface area contributed by atoms with Crippen LogP contribution in [0.2, 0.25) is 0 Å². The summed E-state index contributed by atoms with van der Waals surface area (Å²) in [5.41, 5.74) is 0.805. The molecule has 0 spiro atoms. The molecule has 0 saturated heterocycles. The van der Waals surface area contributed by atoms with Gasteiger partial charge >= 0.3 is 5.97 Å². The van der Waals surface area contributed by atoms with Crippen molar-refractivity contribution in [3.63, 3.8) is 0 Å². The molecule has 112 valence electrons. The minimum atomic E-state index is -3.90. The van der Waals surface area contributed by atoms with Crippen molar-refractivity contribution in [2.75, 3.05) is 20.8 Å². The summed E-state index contributed by atoms with van der Waals surface area (Å²) in [5.74, 6) is -0.843. The van der Waals surface area contributed by atoms with Crippen molar-refractivity contribution in [2.24, 2.45) is 0 Å². The number of carbonyl (C=O) groups excluding carboxylic acids is 1. The van der Waals surface area contributed by atoms with Crippen LogP contribution in [0.1, 0.15) is 5.56 Å². The van der Waals surface area contributed by atoms with Gasteiger partial charge in [0.05, 0.1) is 13.7 Å². The molecule has 1 unspecified atom stereocenters. The maximum absolute atomic E-state index is 12.0. The van der Waals surface area contributed by atoms with Crippen molar-refractivity contribution in [2.45, 2.75) is 12.6 Å². The predicted molar refractivity (Wildman–Crippen MR) is 72.9 cm³/mol. The number of hydrogen-bond donors (Lipinski definition) is 2. The molecule has 0 bridgehead atoms. The van der Waals surface area contributed by atoms with Gasteiger partial charge in [-0.25, -0.2) is 0 Å². The molecule has 1 rings (SSSR count). The Hall–Kier alpha value is -1.48. The molecule has 1 atom stereocenters. The van der Waals surface area contributed by atoms with Gasteiger partial charge in [0.15, 0.2) is 0 Å². The number of methoxy groups -OCH3 is 1. The van der Waals surface area contributed by atoms with E-state index >= 15 is 0 Å². The third-order valence-corrected chi connectivity index (χ3v) is 4.15. The molecule has 7 nitrogen and oxygen atoms in total. The van der Waals surface area contributed by atoms with E-state index in [9.17, 15) is 13.2 Å². The highest BCUT2D eigenvalue weighted by Gasteiger charge is 2.27. The molecule has 0 aromatic heterocycles. The SMILES string of the molecule is COC(=O)C(CO)NS(=O)(=O)N(C)Cc1ccccc1. The summed E-state index contributed by atoms with van der Waals surface area (Å²) in [5, 5.41) is 9.02. The maximum Gasteiger partial charge on any atom is 0.326 e. The first-order valence-electron chi connectivity index (χ1n) is 5.87. The zero-order chi connectivity index (χ0) is 15.2. The predicted octanol–water partition coefficient (Wildman–Crippen LogP) is -0.513. The summed E-state index contributed by atoms with van der Waals surface area (Å²) in [6, 6.07) is 7.69. The molecule has 20 heavy (non-hydrogen) atoms. The molecule has 0 aliphatic rings. The van der Waals surface area contributed by atoms with Crippen molar-refractivity contribution in [1.82, 2.24) is 9.03 Å². The summed E-state index contributed by atoms with van der Waals surface area (Å²) >= 11 is 0. The summed E-state index contributed by atoms with van der Waals surface area (Å²) in [4.78, 5) is 11.3. The Morgan fingerprint density at radius 1 is 1.40 bits per heavy atom. The van der Waals surface area contributed by atoms with Crippen LogP contribution < -0.4 is 4.72 Å². The van der Waals surface area contributed by atoms with Gasteiger partial charge in [-0.05, 0) is 5.56 Å². The minimum Gasteiger partial charge on any atom is -0.468 e. The van der Waals surface area contributed by atoms with Crippen LogP contribution in [-0.4, -0.2) is 50.6 Å². The number of benzene rings is 1. The Labute approximate surface area is 118 Å². The number of esters is 1. The molecule has 0 heterocycles. The van der Waals surface area contributed by atoms with E-state index < -0.39 is 28.8 Å². The van der Waals surface area contributed by atoms with Crippen molar-refractivity contribution in [3.8, 4) is 0 Å². The lowest BCUT2D eigenvalue weighted by atomic mass is 10.2. The van der Waals surface area contributed by atoms with Crippen molar-refractivity contribution in [3.05, 3.63) is 35.9 Å². The van der Waals surface area contributed by atoms with Crippen LogP contribution in [0.15, 0.2) is 30.3 Å². The largest absolute Gasteiger partial charge is 0.468 e. The Morgan fingerprint density at radius 2 is 2.00 bits per heavy atom. The van der Waals surface area contributed by atoms with Gasteiger partial charge in [-0.15, -0.1) is 0 Å². The molecule has 2 N–H and O–H groups in total. The van der Waals surface area contributed by atoms with Gasteiger partial charge < -0.3 is 9.84 Å². The number of aliphatic hydroxyl groups is 1. The zero-order valence-electron chi connectivity index (χ0n) is 11.3. The Balaban J connectivity index is 2.75. The Kier molecular flexibility index (Phi) is 6.08. The topological polar surface area (TPSA) is 95.9 Å². The number of hydrogen-bond acceptors (Lipinski definition) is 5. The van der Waals surface area contributed by atoms with Gasteiger partial charge in [-0.3, -0.25) is 4.79 Å². The molecule has 0 amide bonds. The van der Waals surface area contributed by atoms with Crippen molar-refractivity contribution in [1.29, 1.82) is 0 Å². The number of aliphatic hydroxyl groups excluding tert-OH is 1. The van der Waals surface area contributed by atoms with E-state index in [-0.39, 0.29) is 6.54 Å². The number of carbonyl (C=O) groups is 1. The molecule has 0 aliphatic heterocycles. The van der Waals surface area contributed by atoms with E-state index in [1.807, 2.05) is 6.07 Å². The fraction of sp³-hybridized carbons (Fsp3) is 0.417. The van der Waals surface area contributed by atoms with E-state index in [1.54, 1.807) is 24.3 Å². The lowest BCUT2D eigenvalue weighted by Gasteiger charge is -2.21. The quantitative estimate of drug-likeness (QED) is 0.661. The van der Waals surface area contributed by atoms with Crippen LogP contribution in [0.4, 0.5) is 0 Å². The second-order valence-corrected chi connectivity index (χ2v) is 5.93. The van der Waals surface area contributed by atoms with Crippen LogP contribution in [0.3, 0.4) is 0 Å². The summed E-state index contributed by atoms with van der Waals surface area (Å²) < 4.78 is 31.6. The standard InChI is InChI=1S/C12H18N2O5S/c1-14(8-10-6-4-3-5-7-10)20(17,18)13-11(9-15)12(16)19-2/h3-7,11,13,15H,8-9H2,1-2H3. The Morgan fingerprint density at radius 3 is 2.50 bits per heavy atom. The van der Waals surface area contributed by atoms with E-state index in [2.05, 4.69) is 9.46 Å². The third kappa shape index (κ3) is 4.57. The van der Waals surface area contributed by atoms with E-state index in [0.29, 0.717) is 0 Å². The molecular formula is C12H18N2O5S. The molecule has 0 aliphatic carbocycles. The lowest BCUT2D eigenvalue weighted by Crippen LogP contribution is -2.49. The first kappa shape index (κ1) is 16.6. The van der Waals surface area contributed by atoms with Gasteiger partial charge in [-0.2, -0.15) is 17.4 Å². The van der Waals surface area contributed by atoms with Gasteiger partial charge in [0.25, 0.3) is 10.2 Å². The highest BCUT2D eigenvalue weighted by atomic mass is 32.2. The number of rotatable bonds is 7. The molecule has 0 fully saturated rings. The number of nitrogens with zero attached hydrogens (tertiary/aromatic N) is 1. The summed E-state index contributed by atoms with van der Waals surface area (Å²) in [6.07, 6.45) is 0. The van der Waals surface area contributed by atoms with E-state index in [4.69, 9.17) is 5.11 Å². The monoisotopic (exact) mass is 302 g/mol. The van der Waals surface area contributed by atoms with Crippen LogP contribution in [-0.2, 0) is 26.3 Å². The van der Waals surface area contributed by atoms with Crippen LogP contribution >= 0.6 is 0 Å². The van der Waals surface area contributed by atoms with Gasteiger partial charge in [0.2, 0.25) is 0 Å². The summed E-state index contributed by atoms with van der Waals surface area (Å²) in [7, 11) is -1.41. The molecule has 1 aromatic carbocycles. The summed E-state index contributed by atoms with van der Waals surface area (Å²) in [6.45, 7) is -0.527. The molecule has 0 saturated carbocycles. The molecule has 8 heteroatoms. The van der Waals surface area contributed by atoms with Crippen LogP contribution in [0.25, 0.3) is 0 Å². The lowest BCUT2D eigenvalue weighted by molar-refractivity contribution is -0.143. The fourth-order valence-corrected chi connectivity index (χ4v) is 2.53. The van der Waals surface area contributed by atoms with Gasteiger partial charge in [0.1, 0.15) is 6.04 Å². The van der Waals surface area contributed by atoms with Gasteiger partial charge in [-0.1, -0.05) is 30.3 Å². The number of ether oxygens (including phenoxy) is 1. The van der Waals surface area contributed by atoms with Crippen LogP contribution in [0, 0.1) is 0 Å².